The van der Waals surface area contributed by atoms with Crippen LogP contribution in [0, 0.1) is 11.8 Å². The summed E-state index contributed by atoms with van der Waals surface area (Å²) < 4.78 is 10.9. The summed E-state index contributed by atoms with van der Waals surface area (Å²) in [5.74, 6) is 0.214. The van der Waals surface area contributed by atoms with E-state index < -0.39 is 17.2 Å². The second-order valence-electron chi connectivity index (χ2n) is 17.8. The number of piperidine rings is 2. The number of carboxylic acids is 1. The molecule has 0 saturated carbocycles. The number of ketones is 1. The van der Waals surface area contributed by atoms with Gasteiger partial charge in [-0.05, 0) is 146 Å². The molecule has 59 heavy (non-hydrogen) atoms. The summed E-state index contributed by atoms with van der Waals surface area (Å²) >= 11 is 0. The Morgan fingerprint density at radius 2 is 1.24 bits per heavy atom. The van der Waals surface area contributed by atoms with Gasteiger partial charge in [0.25, 0.3) is 0 Å². The molecule has 0 aliphatic carbocycles. The highest BCUT2D eigenvalue weighted by molar-refractivity contribution is 5.92. The fourth-order valence-electron chi connectivity index (χ4n) is 7.69. The van der Waals surface area contributed by atoms with Crippen LogP contribution in [0.3, 0.4) is 0 Å². The topological polar surface area (TPSA) is 139 Å². The van der Waals surface area contributed by atoms with E-state index in [-0.39, 0.29) is 32.7 Å². The van der Waals surface area contributed by atoms with Crippen molar-refractivity contribution >= 4 is 51.3 Å². The molecule has 1 atom stereocenters. The number of carboxylic acid groups (broad SMARTS) is 1. The average Bonchev–Trinajstić information content (AvgIpc) is 3.16. The van der Waals surface area contributed by atoms with E-state index in [9.17, 15) is 24.3 Å². The van der Waals surface area contributed by atoms with Crippen molar-refractivity contribution in [2.75, 3.05) is 26.2 Å². The molecule has 320 valence electrons. The first-order valence-electron chi connectivity index (χ1n) is 20.5. The van der Waals surface area contributed by atoms with Gasteiger partial charge in [0.15, 0.2) is 0 Å². The Hall–Kier alpha value is -5.32. The molecule has 11 nitrogen and oxygen atoms in total. The van der Waals surface area contributed by atoms with Crippen molar-refractivity contribution in [2.45, 2.75) is 118 Å². The van der Waals surface area contributed by atoms with E-state index in [0.717, 1.165) is 70.6 Å². The number of fused-ring (bicyclic) bond motifs is 2. The van der Waals surface area contributed by atoms with E-state index in [1.54, 1.807) is 22.9 Å². The number of pyridine rings is 2. The lowest BCUT2D eigenvalue weighted by Crippen LogP contribution is -2.41. The van der Waals surface area contributed by atoms with Crippen molar-refractivity contribution in [2.24, 2.45) is 11.8 Å². The van der Waals surface area contributed by atoms with Gasteiger partial charge in [0, 0.05) is 63.3 Å². The van der Waals surface area contributed by atoms with Crippen LogP contribution < -0.4 is 0 Å². The lowest BCUT2D eigenvalue weighted by Gasteiger charge is -2.34. The first-order valence-corrected chi connectivity index (χ1v) is 20.5. The third kappa shape index (κ3) is 14.5. The van der Waals surface area contributed by atoms with Crippen molar-refractivity contribution in [3.63, 3.8) is 0 Å². The molecule has 2 amide bonds. The van der Waals surface area contributed by atoms with Gasteiger partial charge in [-0.25, -0.2) is 14.4 Å². The SMILES string of the molecule is C.CC(=O)CC(CC1CCN(C(=O)OC(C)(C)C)CC1)c1cnc2ccccc2c1.CC(C)(C)OC(=O)N1CCC(C/C(=C/C(=O)O)c2cnc3ccccc3c2)CC1.[2HH]. The summed E-state index contributed by atoms with van der Waals surface area (Å²) in [6.07, 6.45) is 10.1. The van der Waals surface area contributed by atoms with E-state index in [2.05, 4.69) is 22.1 Å². The van der Waals surface area contributed by atoms with Crippen LogP contribution in [-0.4, -0.2) is 86.2 Å². The van der Waals surface area contributed by atoms with E-state index in [4.69, 9.17) is 9.47 Å². The number of rotatable bonds is 9. The van der Waals surface area contributed by atoms with Gasteiger partial charge in [-0.15, -0.1) is 0 Å². The minimum Gasteiger partial charge on any atom is -0.478 e. The van der Waals surface area contributed by atoms with Crippen molar-refractivity contribution in [3.8, 4) is 0 Å². The van der Waals surface area contributed by atoms with Gasteiger partial charge in [0.05, 0.1) is 11.0 Å². The maximum atomic E-state index is 12.3. The molecule has 4 aromatic rings. The molecule has 6 rings (SSSR count). The summed E-state index contributed by atoms with van der Waals surface area (Å²) in [6.45, 7) is 15.6. The Morgan fingerprint density at radius 3 is 1.73 bits per heavy atom. The highest BCUT2D eigenvalue weighted by Crippen LogP contribution is 2.34. The van der Waals surface area contributed by atoms with Gasteiger partial charge in [0.1, 0.15) is 17.0 Å². The standard InChI is InChI=1S/C24H32N2O3.C23H28N2O4.CH4.H2/c1-17(27)13-20(21-15-19-7-5-6-8-22(19)25-16-21)14-18-9-11-26(12-10-18)23(28)29-24(2,3)4;1-23(2,3)29-22(28)25-10-8-16(9-11-25)12-18(14-21(26)27)19-13-17-6-4-5-7-20(17)24-15-19;;/h5-8,15-16,18,20H,9-14H2,1-4H3;4-7,13-16H,8-12H2,1-3H3,(H,26,27);1H4;1H/b;18-14-;;/i;;;1+1. The molecule has 1 unspecified atom stereocenters. The third-order valence-corrected chi connectivity index (χ3v) is 10.5. The number of carbonyl (C=O) groups is 4. The minimum absolute atomic E-state index is 0. The largest absolute Gasteiger partial charge is 0.478 e. The van der Waals surface area contributed by atoms with Crippen LogP contribution in [0.2, 0.25) is 0 Å². The summed E-state index contributed by atoms with van der Waals surface area (Å²) in [7, 11) is 0. The summed E-state index contributed by atoms with van der Waals surface area (Å²) in [5, 5.41) is 11.4. The number of likely N-dealkylation sites (tertiary alicyclic amines) is 2. The van der Waals surface area contributed by atoms with Crippen LogP contribution in [0.15, 0.2) is 79.1 Å². The summed E-state index contributed by atoms with van der Waals surface area (Å²) in [5.41, 5.74) is 3.62. The fourth-order valence-corrected chi connectivity index (χ4v) is 7.69. The second-order valence-corrected chi connectivity index (χ2v) is 17.8. The molecule has 0 spiro atoms. The predicted molar refractivity (Wildman–Crippen MR) is 236 cm³/mol. The number of nitrogens with zero attached hydrogens (tertiary/aromatic N) is 4. The van der Waals surface area contributed by atoms with Crippen LogP contribution in [0.1, 0.15) is 119 Å². The minimum atomic E-state index is -0.959. The van der Waals surface area contributed by atoms with Crippen LogP contribution in [0.4, 0.5) is 9.59 Å². The molecule has 2 aromatic carbocycles. The van der Waals surface area contributed by atoms with Crippen LogP contribution in [0.25, 0.3) is 27.4 Å². The van der Waals surface area contributed by atoms with E-state index in [0.29, 0.717) is 50.9 Å². The number of Topliss-reactive ketones (excluding diaryl/α,β-unsaturated/α-hetero) is 1. The van der Waals surface area contributed by atoms with Crippen molar-refractivity contribution in [1.82, 2.24) is 19.8 Å². The molecular weight excluding hydrogens is 745 g/mol. The number of aliphatic carboxylic acids is 1. The van der Waals surface area contributed by atoms with Crippen LogP contribution >= 0.6 is 0 Å². The Morgan fingerprint density at radius 1 is 0.763 bits per heavy atom. The molecular formula is C48H66N4O7. The number of aromatic nitrogens is 2. The van der Waals surface area contributed by atoms with Gasteiger partial charge >= 0.3 is 18.2 Å². The molecule has 4 heterocycles. The van der Waals surface area contributed by atoms with Crippen LogP contribution in [0.5, 0.6) is 0 Å². The smallest absolute Gasteiger partial charge is 0.410 e. The van der Waals surface area contributed by atoms with Crippen molar-refractivity contribution < 1.29 is 35.2 Å². The Kier molecular flexibility index (Phi) is 16.2. The third-order valence-electron chi connectivity index (χ3n) is 10.5. The number of allylic oxidation sites excluding steroid dienone is 1. The molecule has 2 fully saturated rings. The molecule has 1 N–H and O–H groups in total. The zero-order valence-electron chi connectivity index (χ0n) is 35.2. The quantitative estimate of drug-likeness (QED) is 0.164. The van der Waals surface area contributed by atoms with Crippen molar-refractivity contribution in [3.05, 3.63) is 90.3 Å². The number of ether oxygens (including phenoxy) is 2. The molecule has 0 bridgehead atoms. The lowest BCUT2D eigenvalue weighted by molar-refractivity contribution is -0.131. The molecule has 2 aliphatic rings. The van der Waals surface area contributed by atoms with Gasteiger partial charge in [-0.1, -0.05) is 43.8 Å². The van der Waals surface area contributed by atoms with E-state index in [1.165, 1.54) is 6.08 Å². The zero-order chi connectivity index (χ0) is 42.0. The maximum absolute atomic E-state index is 12.3. The Balaban J connectivity index is 0.000000310. The van der Waals surface area contributed by atoms with Crippen molar-refractivity contribution in [1.29, 1.82) is 0 Å². The number of amides is 2. The molecule has 2 saturated heterocycles. The Bertz CT molecular complexity index is 2090. The number of hydrogen-bond donors (Lipinski definition) is 1. The van der Waals surface area contributed by atoms with E-state index >= 15 is 0 Å². The van der Waals surface area contributed by atoms with Gasteiger partial charge in [0.2, 0.25) is 0 Å². The highest BCUT2D eigenvalue weighted by Gasteiger charge is 2.30. The van der Waals surface area contributed by atoms with Crippen LogP contribution in [-0.2, 0) is 19.1 Å². The number of benzene rings is 2. The normalized spacial score (nSPS) is 16.1. The summed E-state index contributed by atoms with van der Waals surface area (Å²) in [4.78, 5) is 60.4. The molecule has 0 radical (unpaired) electrons. The lowest BCUT2D eigenvalue weighted by atomic mass is 9.82. The monoisotopic (exact) mass is 811 g/mol. The molecule has 2 aromatic heterocycles. The van der Waals surface area contributed by atoms with Gasteiger partial charge < -0.3 is 29.2 Å². The number of carbonyl (C=O) groups excluding carboxylic acids is 3. The van der Waals surface area contributed by atoms with E-state index in [1.807, 2.05) is 96.3 Å². The highest BCUT2D eigenvalue weighted by atomic mass is 16.6. The Labute approximate surface area is 351 Å². The zero-order valence-corrected chi connectivity index (χ0v) is 35.2. The first-order chi connectivity index (χ1) is 27.4. The fraction of sp³-hybridized carbons (Fsp3) is 0.500. The second kappa shape index (κ2) is 20.6. The van der Waals surface area contributed by atoms with Gasteiger partial charge in [-0.3, -0.25) is 9.97 Å². The number of para-hydroxylation sites is 2. The predicted octanol–water partition coefficient (Wildman–Crippen LogP) is 11.0. The number of hydrogen-bond acceptors (Lipinski definition) is 8. The van der Waals surface area contributed by atoms with Gasteiger partial charge in [-0.2, -0.15) is 0 Å². The maximum Gasteiger partial charge on any atom is 0.410 e. The average molecular weight is 812 g/mol. The molecule has 11 heteroatoms. The molecule has 2 aliphatic heterocycles. The first kappa shape index (κ1) is 46.4. The summed E-state index contributed by atoms with van der Waals surface area (Å²) in [6, 6.07) is 20.0.